The number of hydrogen-bond acceptors (Lipinski definition) is 1. The number of hydrogen-bond donors (Lipinski definition) is 1. The van der Waals surface area contributed by atoms with Crippen molar-refractivity contribution < 1.29 is 0 Å². The number of fused-ring (bicyclic) bond motifs is 1. The van der Waals surface area contributed by atoms with E-state index in [9.17, 15) is 0 Å². The van der Waals surface area contributed by atoms with Crippen LogP contribution in [0.1, 0.15) is 39.4 Å². The van der Waals surface area contributed by atoms with Crippen LogP contribution in [0, 0.1) is 0 Å². The Morgan fingerprint density at radius 3 is 2.47 bits per heavy atom. The first-order valence-corrected chi connectivity index (χ1v) is 6.70. The molecule has 0 unspecified atom stereocenters. The van der Waals surface area contributed by atoms with Crippen molar-refractivity contribution in [1.82, 2.24) is 4.57 Å². The fourth-order valence-corrected chi connectivity index (χ4v) is 2.74. The lowest BCUT2D eigenvalue weighted by atomic mass is 10.0. The summed E-state index contributed by atoms with van der Waals surface area (Å²) in [4.78, 5) is 0. The number of halogens is 1. The predicted octanol–water partition coefficient (Wildman–Crippen LogP) is 4.18. The lowest BCUT2D eigenvalue weighted by molar-refractivity contribution is 0.474. The first-order chi connectivity index (χ1) is 7.82. The van der Waals surface area contributed by atoms with Crippen LogP contribution in [0.5, 0.6) is 0 Å². The molecule has 0 saturated heterocycles. The van der Waals surface area contributed by atoms with Crippen LogP contribution in [0.4, 0.5) is 0 Å². The lowest BCUT2D eigenvalue weighted by Crippen LogP contribution is -2.32. The lowest BCUT2D eigenvalue weighted by Gasteiger charge is -2.24. The van der Waals surface area contributed by atoms with Gasteiger partial charge in [0.1, 0.15) is 0 Å². The van der Waals surface area contributed by atoms with Crippen molar-refractivity contribution in [3.63, 3.8) is 0 Å². The minimum absolute atomic E-state index is 0.331. The van der Waals surface area contributed by atoms with Gasteiger partial charge in [-0.05, 0) is 45.9 Å². The molecular formula is C14H19BrN2. The molecule has 92 valence electrons. The summed E-state index contributed by atoms with van der Waals surface area (Å²) in [6.07, 6.45) is 0. The Morgan fingerprint density at radius 1 is 1.29 bits per heavy atom. The molecule has 0 radical (unpaired) electrons. The zero-order valence-electron chi connectivity index (χ0n) is 10.8. The van der Waals surface area contributed by atoms with Crippen molar-refractivity contribution in [2.45, 2.75) is 39.3 Å². The van der Waals surface area contributed by atoms with Crippen molar-refractivity contribution in [3.8, 4) is 0 Å². The Morgan fingerprint density at radius 2 is 1.94 bits per heavy atom. The van der Waals surface area contributed by atoms with E-state index >= 15 is 0 Å². The van der Waals surface area contributed by atoms with Gasteiger partial charge in [0, 0.05) is 27.1 Å². The molecule has 2 nitrogen and oxygen atoms in total. The number of nitrogens with two attached hydrogens (primary N) is 1. The number of rotatable bonds is 2. The second kappa shape index (κ2) is 4.14. The molecule has 0 amide bonds. The van der Waals surface area contributed by atoms with Crippen LogP contribution in [-0.2, 0) is 5.54 Å². The van der Waals surface area contributed by atoms with Crippen LogP contribution >= 0.6 is 15.9 Å². The van der Waals surface area contributed by atoms with Gasteiger partial charge in [-0.3, -0.25) is 0 Å². The van der Waals surface area contributed by atoms with Gasteiger partial charge in [0.05, 0.1) is 5.54 Å². The van der Waals surface area contributed by atoms with Crippen LogP contribution < -0.4 is 5.73 Å². The maximum atomic E-state index is 6.27. The molecule has 0 spiro atoms. The highest BCUT2D eigenvalue weighted by Crippen LogP contribution is 2.33. The summed E-state index contributed by atoms with van der Waals surface area (Å²) in [6.45, 7) is 8.48. The predicted molar refractivity (Wildman–Crippen MR) is 77.2 cm³/mol. The van der Waals surface area contributed by atoms with Gasteiger partial charge in [0.25, 0.3) is 0 Å². The molecule has 0 aliphatic heterocycles. The van der Waals surface area contributed by atoms with E-state index in [0.29, 0.717) is 6.04 Å². The van der Waals surface area contributed by atoms with Crippen molar-refractivity contribution in [1.29, 1.82) is 0 Å². The highest BCUT2D eigenvalue weighted by Gasteiger charge is 2.23. The summed E-state index contributed by atoms with van der Waals surface area (Å²) in [5.41, 5.74) is 8.36. The molecule has 0 aliphatic carbocycles. The summed E-state index contributed by atoms with van der Waals surface area (Å²) < 4.78 is 3.44. The minimum atomic E-state index is -0.331. The van der Waals surface area contributed by atoms with E-state index in [4.69, 9.17) is 5.73 Å². The Kier molecular flexibility index (Phi) is 3.08. The summed E-state index contributed by atoms with van der Waals surface area (Å²) in [5, 5.41) is 1.23. The zero-order chi connectivity index (χ0) is 12.8. The molecule has 2 N–H and O–H groups in total. The van der Waals surface area contributed by atoms with Crippen molar-refractivity contribution >= 4 is 26.8 Å². The van der Waals surface area contributed by atoms with Gasteiger partial charge in [-0.2, -0.15) is 0 Å². The Bertz CT molecular complexity index is 547. The molecule has 0 saturated carbocycles. The van der Waals surface area contributed by atoms with Crippen LogP contribution in [0.2, 0.25) is 0 Å². The quantitative estimate of drug-likeness (QED) is 0.885. The summed E-state index contributed by atoms with van der Waals surface area (Å²) in [6, 6.07) is 8.88. The monoisotopic (exact) mass is 294 g/mol. The first kappa shape index (κ1) is 12.7. The van der Waals surface area contributed by atoms with Gasteiger partial charge in [-0.1, -0.05) is 22.0 Å². The third-order valence-corrected chi connectivity index (χ3v) is 3.70. The van der Waals surface area contributed by atoms with Gasteiger partial charge in [0.2, 0.25) is 0 Å². The Labute approximate surface area is 111 Å². The van der Waals surface area contributed by atoms with Crippen LogP contribution in [0.15, 0.2) is 28.7 Å². The fourth-order valence-electron chi connectivity index (χ4n) is 2.27. The normalized spacial score (nSPS) is 12.6. The van der Waals surface area contributed by atoms with Gasteiger partial charge in [-0.15, -0.1) is 0 Å². The van der Waals surface area contributed by atoms with Gasteiger partial charge >= 0.3 is 0 Å². The van der Waals surface area contributed by atoms with Crippen molar-refractivity contribution in [2.24, 2.45) is 5.73 Å². The molecule has 2 aromatic rings. The third kappa shape index (κ3) is 2.14. The summed E-state index contributed by atoms with van der Waals surface area (Å²) in [7, 11) is 0. The highest BCUT2D eigenvalue weighted by atomic mass is 79.9. The number of aromatic nitrogens is 1. The SMILES string of the molecule is CC(C)n1c(C(C)(C)N)cc2c(Br)cccc21. The maximum absolute atomic E-state index is 6.27. The summed E-state index contributed by atoms with van der Waals surface area (Å²) in [5.74, 6) is 0. The molecule has 3 heteroatoms. The van der Waals surface area contributed by atoms with E-state index in [1.807, 2.05) is 13.8 Å². The highest BCUT2D eigenvalue weighted by molar-refractivity contribution is 9.10. The standard InChI is InChI=1S/C14H19BrN2/c1-9(2)17-12-7-5-6-11(15)10(12)8-13(17)14(3,4)16/h5-9H,16H2,1-4H3. The average molecular weight is 295 g/mol. The van der Waals surface area contributed by atoms with Crippen molar-refractivity contribution in [2.75, 3.05) is 0 Å². The second-order valence-electron chi connectivity index (χ2n) is 5.39. The fraction of sp³-hybridized carbons (Fsp3) is 0.429. The van der Waals surface area contributed by atoms with E-state index in [1.54, 1.807) is 0 Å². The molecule has 0 bridgehead atoms. The topological polar surface area (TPSA) is 30.9 Å². The second-order valence-corrected chi connectivity index (χ2v) is 6.24. The smallest absolute Gasteiger partial charge is 0.0506 e. The Balaban J connectivity index is 2.85. The third-order valence-electron chi connectivity index (χ3n) is 3.01. The summed E-state index contributed by atoms with van der Waals surface area (Å²) >= 11 is 3.61. The molecule has 0 atom stereocenters. The van der Waals surface area contributed by atoms with E-state index in [0.717, 1.165) is 4.47 Å². The van der Waals surface area contributed by atoms with Gasteiger partial charge in [0.15, 0.2) is 0 Å². The molecule has 1 aromatic heterocycles. The number of nitrogens with zero attached hydrogens (tertiary/aromatic N) is 1. The van der Waals surface area contributed by atoms with Crippen LogP contribution in [0.25, 0.3) is 10.9 Å². The van der Waals surface area contributed by atoms with E-state index in [-0.39, 0.29) is 5.54 Å². The van der Waals surface area contributed by atoms with E-state index < -0.39 is 0 Å². The van der Waals surface area contributed by atoms with Gasteiger partial charge in [-0.25, -0.2) is 0 Å². The largest absolute Gasteiger partial charge is 0.340 e. The van der Waals surface area contributed by atoms with Crippen LogP contribution in [0.3, 0.4) is 0 Å². The average Bonchev–Trinajstić information content (AvgIpc) is 2.57. The molecule has 1 aromatic carbocycles. The molecule has 0 fully saturated rings. The molecular weight excluding hydrogens is 276 g/mol. The maximum Gasteiger partial charge on any atom is 0.0506 e. The molecule has 2 rings (SSSR count). The van der Waals surface area contributed by atoms with Gasteiger partial charge < -0.3 is 10.3 Å². The molecule has 0 aliphatic rings. The first-order valence-electron chi connectivity index (χ1n) is 5.91. The molecule has 1 heterocycles. The van der Waals surface area contributed by atoms with E-state index in [2.05, 4.69) is 58.6 Å². The molecule has 17 heavy (non-hydrogen) atoms. The number of benzene rings is 1. The zero-order valence-corrected chi connectivity index (χ0v) is 12.4. The van der Waals surface area contributed by atoms with E-state index in [1.165, 1.54) is 16.6 Å². The van der Waals surface area contributed by atoms with Crippen LogP contribution in [-0.4, -0.2) is 4.57 Å². The van der Waals surface area contributed by atoms with Crippen molar-refractivity contribution in [3.05, 3.63) is 34.4 Å². The Hall–Kier alpha value is -0.800. The minimum Gasteiger partial charge on any atom is -0.340 e.